The van der Waals surface area contributed by atoms with Crippen molar-refractivity contribution < 1.29 is 9.53 Å². The Labute approximate surface area is 91.7 Å². The molecule has 1 aromatic carbocycles. The summed E-state index contributed by atoms with van der Waals surface area (Å²) in [5.41, 5.74) is 1.49. The summed E-state index contributed by atoms with van der Waals surface area (Å²) in [5, 5.41) is 0.620. The smallest absolute Gasteiger partial charge is 0.274 e. The Bertz CT molecular complexity index is 490. The number of aromatic nitrogens is 1. The molecule has 3 nitrogen and oxygen atoms in total. The number of carbonyl (C=O) groups is 1. The lowest BCUT2D eigenvalue weighted by Gasteiger charge is -2.03. The zero-order chi connectivity index (χ0) is 10.8. The fourth-order valence-electron chi connectivity index (χ4n) is 1.29. The number of hydrogen-bond donors (Lipinski definition) is 0. The largest absolute Gasteiger partial charge is 0.467 e. The van der Waals surface area contributed by atoms with Gasteiger partial charge in [-0.1, -0.05) is 23.5 Å². The number of rotatable bonds is 3. The van der Waals surface area contributed by atoms with E-state index in [2.05, 4.69) is 4.98 Å². The molecule has 2 rings (SSSR count). The van der Waals surface area contributed by atoms with Gasteiger partial charge in [-0.2, -0.15) is 0 Å². The Hall–Kier alpha value is -1.42. The third-order valence-corrected chi connectivity index (χ3v) is 2.90. The van der Waals surface area contributed by atoms with E-state index in [1.807, 2.05) is 26.0 Å². The van der Waals surface area contributed by atoms with Crippen molar-refractivity contribution in [2.75, 3.05) is 0 Å². The Morgan fingerprint density at radius 3 is 2.93 bits per heavy atom. The van der Waals surface area contributed by atoms with Gasteiger partial charge in [-0.25, -0.2) is 4.98 Å². The minimum absolute atomic E-state index is 0.102. The first-order valence-electron chi connectivity index (χ1n) is 4.72. The van der Waals surface area contributed by atoms with Crippen molar-refractivity contribution in [1.82, 2.24) is 4.98 Å². The maximum atomic E-state index is 10.8. The molecule has 0 aliphatic rings. The normalized spacial score (nSPS) is 10.9. The van der Waals surface area contributed by atoms with Crippen molar-refractivity contribution in [2.45, 2.75) is 20.0 Å². The molecule has 78 valence electrons. The van der Waals surface area contributed by atoms with E-state index in [1.165, 1.54) is 11.3 Å². The van der Waals surface area contributed by atoms with Crippen LogP contribution >= 0.6 is 11.3 Å². The first kappa shape index (κ1) is 10.1. The maximum Gasteiger partial charge on any atom is 0.274 e. The lowest BCUT2D eigenvalue weighted by atomic mass is 10.2. The average molecular weight is 221 g/mol. The van der Waals surface area contributed by atoms with E-state index in [4.69, 9.17) is 4.74 Å². The number of fused-ring (bicyclic) bond motifs is 1. The minimum atomic E-state index is 0.102. The second-order valence-corrected chi connectivity index (χ2v) is 4.42. The number of carbonyl (C=O) groups excluding carboxylic acids is 1. The van der Waals surface area contributed by atoms with E-state index < -0.39 is 0 Å². The quantitative estimate of drug-likeness (QED) is 0.748. The molecule has 0 saturated heterocycles. The molecule has 0 amide bonds. The summed E-state index contributed by atoms with van der Waals surface area (Å²) in [6.07, 6.45) is 0.949. The zero-order valence-corrected chi connectivity index (χ0v) is 9.38. The van der Waals surface area contributed by atoms with E-state index in [1.54, 1.807) is 6.07 Å². The van der Waals surface area contributed by atoms with Crippen LogP contribution in [-0.4, -0.2) is 17.4 Å². The molecule has 0 fully saturated rings. The summed E-state index contributed by atoms with van der Waals surface area (Å²) in [5.74, 6) is 0. The first-order valence-corrected chi connectivity index (χ1v) is 5.53. The van der Waals surface area contributed by atoms with Crippen molar-refractivity contribution in [3.8, 4) is 5.19 Å². The Morgan fingerprint density at radius 2 is 2.27 bits per heavy atom. The van der Waals surface area contributed by atoms with E-state index in [-0.39, 0.29) is 6.10 Å². The number of aldehydes is 1. The zero-order valence-electron chi connectivity index (χ0n) is 8.56. The molecule has 0 aliphatic carbocycles. The van der Waals surface area contributed by atoms with E-state index in [0.29, 0.717) is 10.8 Å². The third-order valence-electron chi connectivity index (χ3n) is 1.89. The molecule has 4 heteroatoms. The van der Waals surface area contributed by atoms with Crippen LogP contribution in [0.1, 0.15) is 24.2 Å². The van der Waals surface area contributed by atoms with Crippen LogP contribution in [0.2, 0.25) is 0 Å². The van der Waals surface area contributed by atoms with Crippen LogP contribution in [0.25, 0.3) is 10.2 Å². The van der Waals surface area contributed by atoms with Crippen LogP contribution in [0.5, 0.6) is 5.19 Å². The van der Waals surface area contributed by atoms with E-state index in [9.17, 15) is 4.79 Å². The predicted octanol–water partition coefficient (Wildman–Crippen LogP) is 2.90. The van der Waals surface area contributed by atoms with Gasteiger partial charge >= 0.3 is 0 Å². The second-order valence-electron chi connectivity index (χ2n) is 3.46. The van der Waals surface area contributed by atoms with Gasteiger partial charge < -0.3 is 4.74 Å². The van der Waals surface area contributed by atoms with Gasteiger partial charge in [0, 0.05) is 5.56 Å². The number of benzene rings is 1. The van der Waals surface area contributed by atoms with Gasteiger partial charge in [0.2, 0.25) is 0 Å². The summed E-state index contributed by atoms with van der Waals surface area (Å²) < 4.78 is 6.38. The van der Waals surface area contributed by atoms with Crippen LogP contribution in [0.3, 0.4) is 0 Å². The Kier molecular flexibility index (Phi) is 2.68. The highest BCUT2D eigenvalue weighted by molar-refractivity contribution is 7.20. The molecule has 1 aromatic heterocycles. The van der Waals surface area contributed by atoms with Gasteiger partial charge in [0.05, 0.1) is 16.3 Å². The van der Waals surface area contributed by atoms with Crippen molar-refractivity contribution in [2.24, 2.45) is 0 Å². The maximum absolute atomic E-state index is 10.8. The SMILES string of the molecule is CC(C)Oc1nc2cccc(C=O)c2s1. The van der Waals surface area contributed by atoms with Crippen LogP contribution in [-0.2, 0) is 0 Å². The molecule has 1 heterocycles. The molecular weight excluding hydrogens is 210 g/mol. The molecule has 0 saturated carbocycles. The summed E-state index contributed by atoms with van der Waals surface area (Å²) >= 11 is 1.41. The van der Waals surface area contributed by atoms with Gasteiger partial charge in [0.15, 0.2) is 6.29 Å². The van der Waals surface area contributed by atoms with E-state index in [0.717, 1.165) is 16.5 Å². The third kappa shape index (κ3) is 1.99. The fourth-order valence-corrected chi connectivity index (χ4v) is 2.31. The minimum Gasteiger partial charge on any atom is -0.467 e. The van der Waals surface area contributed by atoms with Crippen LogP contribution in [0.15, 0.2) is 18.2 Å². The van der Waals surface area contributed by atoms with Gasteiger partial charge in [-0.15, -0.1) is 0 Å². The monoisotopic (exact) mass is 221 g/mol. The molecule has 0 radical (unpaired) electrons. The molecule has 0 spiro atoms. The highest BCUT2D eigenvalue weighted by Gasteiger charge is 2.09. The molecule has 0 unspecified atom stereocenters. The molecule has 0 bridgehead atoms. The van der Waals surface area contributed by atoms with Crippen LogP contribution in [0, 0.1) is 0 Å². The Balaban J connectivity index is 2.50. The van der Waals surface area contributed by atoms with Gasteiger partial charge in [-0.05, 0) is 19.9 Å². The summed E-state index contributed by atoms with van der Waals surface area (Å²) in [4.78, 5) is 15.1. The van der Waals surface area contributed by atoms with Crippen molar-refractivity contribution >= 4 is 27.8 Å². The van der Waals surface area contributed by atoms with Crippen LogP contribution in [0.4, 0.5) is 0 Å². The van der Waals surface area contributed by atoms with Crippen molar-refractivity contribution in [1.29, 1.82) is 0 Å². The molecule has 15 heavy (non-hydrogen) atoms. The lowest BCUT2D eigenvalue weighted by molar-refractivity contribution is 0.112. The summed E-state index contributed by atoms with van der Waals surface area (Å²) in [6, 6.07) is 5.49. The van der Waals surface area contributed by atoms with Crippen molar-refractivity contribution in [3.05, 3.63) is 23.8 Å². The second kappa shape index (κ2) is 3.98. The molecule has 0 atom stereocenters. The lowest BCUT2D eigenvalue weighted by Crippen LogP contribution is -2.04. The predicted molar refractivity (Wildman–Crippen MR) is 60.8 cm³/mol. The first-order chi connectivity index (χ1) is 7.20. The van der Waals surface area contributed by atoms with Gasteiger partial charge in [0.1, 0.15) is 0 Å². The number of nitrogens with zero attached hydrogens (tertiary/aromatic N) is 1. The standard InChI is InChI=1S/C11H11NO2S/c1-7(2)14-11-12-9-5-3-4-8(6-13)10(9)15-11/h3-7H,1-2H3. The van der Waals surface area contributed by atoms with Crippen molar-refractivity contribution in [3.63, 3.8) is 0 Å². The summed E-state index contributed by atoms with van der Waals surface area (Å²) in [6.45, 7) is 3.90. The van der Waals surface area contributed by atoms with Gasteiger partial charge in [-0.3, -0.25) is 4.79 Å². The van der Waals surface area contributed by atoms with E-state index >= 15 is 0 Å². The van der Waals surface area contributed by atoms with Crippen LogP contribution < -0.4 is 4.74 Å². The average Bonchev–Trinajstić information content (AvgIpc) is 2.58. The molecule has 0 N–H and O–H groups in total. The highest BCUT2D eigenvalue weighted by atomic mass is 32.1. The number of ether oxygens (including phenoxy) is 1. The summed E-state index contributed by atoms with van der Waals surface area (Å²) in [7, 11) is 0. The molecule has 2 aromatic rings. The van der Waals surface area contributed by atoms with Gasteiger partial charge in [0.25, 0.3) is 5.19 Å². The molecular formula is C11H11NO2S. The fraction of sp³-hybridized carbons (Fsp3) is 0.273. The number of thiazole rings is 1. The molecule has 0 aliphatic heterocycles. The topological polar surface area (TPSA) is 39.2 Å². The highest BCUT2D eigenvalue weighted by Crippen LogP contribution is 2.30. The Morgan fingerprint density at radius 1 is 1.47 bits per heavy atom. The number of hydrogen-bond acceptors (Lipinski definition) is 4.